The molecule has 0 fully saturated rings. The second-order valence-corrected chi connectivity index (χ2v) is 8.03. The molecule has 31 heavy (non-hydrogen) atoms. The van der Waals surface area contributed by atoms with Gasteiger partial charge in [0.25, 0.3) is 0 Å². The smallest absolute Gasteiger partial charge is 0.201 e. The van der Waals surface area contributed by atoms with Crippen LogP contribution in [0.2, 0.25) is 0 Å². The molecule has 0 saturated carbocycles. The summed E-state index contributed by atoms with van der Waals surface area (Å²) in [4.78, 5) is 12.8. The largest absolute Gasteiger partial charge is 0.494 e. The molecule has 1 N–H and O–H groups in total. The van der Waals surface area contributed by atoms with Crippen molar-refractivity contribution in [2.45, 2.75) is 13.8 Å². The molecule has 2 aromatic carbocycles. The minimum atomic E-state index is 0. The number of rotatable bonds is 7. The van der Waals surface area contributed by atoms with Gasteiger partial charge in [-0.3, -0.25) is 0 Å². The number of aromatic hydroxyl groups is 1. The van der Waals surface area contributed by atoms with E-state index >= 15 is 0 Å². The van der Waals surface area contributed by atoms with Gasteiger partial charge in [0.05, 0.1) is 16.8 Å². The molecule has 0 bridgehead atoms. The number of oxime groups is 1. The van der Waals surface area contributed by atoms with Crippen molar-refractivity contribution in [3.63, 3.8) is 0 Å². The summed E-state index contributed by atoms with van der Waals surface area (Å²) in [6, 6.07) is 13.7. The Morgan fingerprint density at radius 2 is 1.87 bits per heavy atom. The number of aromatic nitrogens is 1. The van der Waals surface area contributed by atoms with Gasteiger partial charge in [-0.25, -0.2) is 4.99 Å². The number of aliphatic imine (C=N–C) groups is 1. The number of nitrogens with zero attached hydrogens (tertiary/aromatic N) is 4. The van der Waals surface area contributed by atoms with E-state index in [4.69, 9.17) is 9.83 Å². The molecular formula is C23H26BrClN4O2. The van der Waals surface area contributed by atoms with E-state index in [1.807, 2.05) is 49.5 Å². The van der Waals surface area contributed by atoms with Crippen LogP contribution in [0.15, 0.2) is 57.1 Å². The minimum Gasteiger partial charge on any atom is -0.494 e. The minimum absolute atomic E-state index is 0. The summed E-state index contributed by atoms with van der Waals surface area (Å²) < 4.78 is 2.67. The van der Waals surface area contributed by atoms with Crippen LogP contribution in [0.4, 0.5) is 5.69 Å². The third-order valence-electron chi connectivity index (χ3n) is 5.53. The molecule has 6 nitrogen and oxygen atoms in total. The second-order valence-electron chi connectivity index (χ2n) is 7.17. The molecule has 0 radical (unpaired) electrons. The van der Waals surface area contributed by atoms with E-state index in [-0.39, 0.29) is 18.3 Å². The lowest BCUT2D eigenvalue weighted by atomic mass is 10.0. The van der Waals surface area contributed by atoms with Crippen molar-refractivity contribution in [2.75, 3.05) is 26.2 Å². The van der Waals surface area contributed by atoms with Crippen LogP contribution in [0.5, 0.6) is 5.88 Å². The topological polar surface area (TPSA) is 62.4 Å². The molecule has 0 unspecified atom stereocenters. The standard InChI is InChI=1S/C23H25BrN4O2.ClH/c1-4-28(5-2)13-14-30-26-20-15-9-6-7-12-18(15)25-21(20)19-16-10-8-11-17(24)22(16)27(3)23(19)29;/h6-12,29H,4-5,13-14H2,1-3H3;1H/b26-20+;. The fourth-order valence-electron chi connectivity index (χ4n) is 3.84. The van der Waals surface area contributed by atoms with Crippen molar-refractivity contribution >= 4 is 56.4 Å². The van der Waals surface area contributed by atoms with Crippen LogP contribution >= 0.6 is 28.3 Å². The Bertz CT molecular complexity index is 1150. The molecule has 3 aromatic rings. The zero-order valence-corrected chi connectivity index (χ0v) is 20.2. The summed E-state index contributed by atoms with van der Waals surface area (Å²) in [5.74, 6) is 0.152. The van der Waals surface area contributed by atoms with Crippen molar-refractivity contribution in [2.24, 2.45) is 17.2 Å². The number of hydrogen-bond donors (Lipinski definition) is 1. The maximum atomic E-state index is 11.0. The highest BCUT2D eigenvalue weighted by Crippen LogP contribution is 2.39. The fourth-order valence-corrected chi connectivity index (χ4v) is 4.48. The number of benzene rings is 2. The highest BCUT2D eigenvalue weighted by molar-refractivity contribution is 9.10. The summed E-state index contributed by atoms with van der Waals surface area (Å²) in [6.07, 6.45) is 0. The monoisotopic (exact) mass is 504 g/mol. The van der Waals surface area contributed by atoms with Crippen LogP contribution in [0.3, 0.4) is 0 Å². The van der Waals surface area contributed by atoms with Crippen LogP contribution in [-0.2, 0) is 11.9 Å². The molecule has 0 amide bonds. The van der Waals surface area contributed by atoms with Crippen LogP contribution in [0.1, 0.15) is 25.0 Å². The Balaban J connectivity index is 0.00000272. The van der Waals surface area contributed by atoms with Gasteiger partial charge in [0.15, 0.2) is 0 Å². The molecule has 0 saturated heterocycles. The summed E-state index contributed by atoms with van der Waals surface area (Å²) >= 11 is 3.59. The van der Waals surface area contributed by atoms with E-state index in [1.165, 1.54) is 0 Å². The molecule has 1 aliphatic heterocycles. The van der Waals surface area contributed by atoms with Gasteiger partial charge in [-0.15, -0.1) is 12.4 Å². The van der Waals surface area contributed by atoms with Gasteiger partial charge in [-0.1, -0.05) is 49.3 Å². The maximum absolute atomic E-state index is 11.0. The molecule has 1 aromatic heterocycles. The Morgan fingerprint density at radius 3 is 2.61 bits per heavy atom. The van der Waals surface area contributed by atoms with Crippen LogP contribution in [0.25, 0.3) is 10.9 Å². The van der Waals surface area contributed by atoms with E-state index in [2.05, 4.69) is 39.8 Å². The van der Waals surface area contributed by atoms with Crippen LogP contribution < -0.4 is 0 Å². The van der Waals surface area contributed by atoms with Gasteiger partial charge < -0.3 is 19.4 Å². The van der Waals surface area contributed by atoms with E-state index in [9.17, 15) is 5.11 Å². The summed E-state index contributed by atoms with van der Waals surface area (Å²) in [6.45, 7) is 7.52. The van der Waals surface area contributed by atoms with Gasteiger partial charge >= 0.3 is 0 Å². The third kappa shape index (κ3) is 4.22. The van der Waals surface area contributed by atoms with Crippen molar-refractivity contribution in [1.29, 1.82) is 0 Å². The predicted molar refractivity (Wildman–Crippen MR) is 132 cm³/mol. The molecule has 164 valence electrons. The van der Waals surface area contributed by atoms with Crippen molar-refractivity contribution in [1.82, 2.24) is 9.47 Å². The predicted octanol–water partition coefficient (Wildman–Crippen LogP) is 5.27. The summed E-state index contributed by atoms with van der Waals surface area (Å²) in [5.41, 5.74) is 4.57. The molecule has 0 atom stereocenters. The quantitative estimate of drug-likeness (QED) is 0.352. The lowest BCUT2D eigenvalue weighted by Gasteiger charge is -2.16. The normalized spacial score (nSPS) is 14.1. The average Bonchev–Trinajstić information content (AvgIpc) is 3.23. The highest BCUT2D eigenvalue weighted by atomic mass is 79.9. The van der Waals surface area contributed by atoms with Gasteiger partial charge in [-0.05, 0) is 41.2 Å². The van der Waals surface area contributed by atoms with Crippen molar-refractivity contribution in [3.8, 4) is 5.88 Å². The first-order chi connectivity index (χ1) is 14.6. The Labute approximate surface area is 196 Å². The molecule has 2 heterocycles. The fraction of sp³-hybridized carbons (Fsp3) is 0.304. The lowest BCUT2D eigenvalue weighted by molar-refractivity contribution is 0.115. The van der Waals surface area contributed by atoms with E-state index in [1.54, 1.807) is 4.57 Å². The van der Waals surface area contributed by atoms with Gasteiger partial charge in [0.2, 0.25) is 5.88 Å². The second kappa shape index (κ2) is 9.85. The molecular weight excluding hydrogens is 480 g/mol. The highest BCUT2D eigenvalue weighted by Gasteiger charge is 2.30. The van der Waals surface area contributed by atoms with Crippen molar-refractivity contribution in [3.05, 3.63) is 58.1 Å². The van der Waals surface area contributed by atoms with Gasteiger partial charge in [-0.2, -0.15) is 0 Å². The SMILES string of the molecule is CCN(CC)CCO/N=C1/C(c2c(O)n(C)c3c(Br)cccc23)=Nc2ccccc21.Cl. The summed E-state index contributed by atoms with van der Waals surface area (Å²) in [7, 11) is 1.84. The van der Waals surface area contributed by atoms with Gasteiger partial charge in [0, 0.05) is 29.0 Å². The van der Waals surface area contributed by atoms with E-state index in [0.717, 1.165) is 46.3 Å². The zero-order valence-electron chi connectivity index (χ0n) is 17.8. The first-order valence-corrected chi connectivity index (χ1v) is 10.9. The number of aryl methyl sites for hydroxylation is 1. The zero-order chi connectivity index (χ0) is 21.3. The van der Waals surface area contributed by atoms with Crippen LogP contribution in [0, 0.1) is 0 Å². The third-order valence-corrected chi connectivity index (χ3v) is 6.17. The Morgan fingerprint density at radius 1 is 1.13 bits per heavy atom. The molecule has 0 spiro atoms. The first kappa shape index (κ1) is 23.3. The molecule has 8 heteroatoms. The van der Waals surface area contributed by atoms with E-state index in [0.29, 0.717) is 23.6 Å². The Kier molecular flexibility index (Phi) is 7.41. The average molecular weight is 506 g/mol. The molecule has 0 aliphatic carbocycles. The maximum Gasteiger partial charge on any atom is 0.201 e. The molecule has 1 aliphatic rings. The number of fused-ring (bicyclic) bond motifs is 2. The molecule has 4 rings (SSSR count). The van der Waals surface area contributed by atoms with Crippen LogP contribution in [-0.4, -0.2) is 52.2 Å². The number of halogens is 2. The number of likely N-dealkylation sites (N-methyl/N-ethyl adjacent to an activating group) is 1. The number of hydrogen-bond acceptors (Lipinski definition) is 5. The van der Waals surface area contributed by atoms with Gasteiger partial charge in [0.1, 0.15) is 18.0 Å². The van der Waals surface area contributed by atoms with Crippen molar-refractivity contribution < 1.29 is 9.94 Å². The van der Waals surface area contributed by atoms with E-state index < -0.39 is 0 Å². The summed E-state index contributed by atoms with van der Waals surface area (Å²) in [5, 5.41) is 16.3. The number of para-hydroxylation sites is 2. The lowest BCUT2D eigenvalue weighted by Crippen LogP contribution is -2.26. The Hall–Kier alpha value is -2.35. The first-order valence-electron chi connectivity index (χ1n) is 10.1.